The lowest BCUT2D eigenvalue weighted by molar-refractivity contribution is -0.147. The highest BCUT2D eigenvalue weighted by Crippen LogP contribution is 2.55. The second kappa shape index (κ2) is 9.75. The Labute approximate surface area is 226 Å². The Morgan fingerprint density at radius 1 is 1.14 bits per heavy atom. The summed E-state index contributed by atoms with van der Waals surface area (Å²) < 4.78 is 19.6. The highest BCUT2D eigenvalue weighted by atomic mass is 35.5. The van der Waals surface area contributed by atoms with Gasteiger partial charge in [-0.25, -0.2) is 4.79 Å². The van der Waals surface area contributed by atoms with E-state index in [2.05, 4.69) is 10.3 Å². The molecule has 7 nitrogen and oxygen atoms in total. The van der Waals surface area contributed by atoms with Gasteiger partial charge in [0, 0.05) is 29.8 Å². The van der Waals surface area contributed by atoms with Crippen LogP contribution in [0.2, 0.25) is 10.0 Å². The van der Waals surface area contributed by atoms with E-state index in [1.165, 1.54) is 0 Å². The molecule has 2 heterocycles. The first-order valence-corrected chi connectivity index (χ1v) is 13.9. The molecule has 0 saturated heterocycles. The molecule has 0 radical (unpaired) electrons. The standard InChI is InChI=1S/C28H31Cl2N3O4/c1-2-35-26(34)19-14-31-33(15-19)17-27-8-11-28(12-9-27,13-10-27)36-16-20-24(32-37-25(20)18-6-7-18)23-21(29)4-3-5-22(23)30/h3-5,14-15,18H,2,6-13,16-17H2,1H3. The Morgan fingerprint density at radius 2 is 1.84 bits per heavy atom. The van der Waals surface area contributed by atoms with Crippen LogP contribution in [-0.2, 0) is 22.6 Å². The lowest BCUT2D eigenvalue weighted by Crippen LogP contribution is -2.49. The number of fused-ring (bicyclic) bond motifs is 3. The Hall–Kier alpha value is -2.35. The summed E-state index contributed by atoms with van der Waals surface area (Å²) in [4.78, 5) is 12.0. The monoisotopic (exact) mass is 543 g/mol. The maximum absolute atomic E-state index is 12.0. The van der Waals surface area contributed by atoms with Crippen molar-refractivity contribution in [2.75, 3.05) is 6.61 Å². The van der Waals surface area contributed by atoms with Crippen LogP contribution < -0.4 is 0 Å². The first-order chi connectivity index (χ1) is 17.9. The lowest BCUT2D eigenvalue weighted by Gasteiger charge is -2.53. The van der Waals surface area contributed by atoms with E-state index in [-0.39, 0.29) is 17.0 Å². The van der Waals surface area contributed by atoms with Gasteiger partial charge in [0.1, 0.15) is 11.5 Å². The van der Waals surface area contributed by atoms with Crippen molar-refractivity contribution in [1.82, 2.24) is 14.9 Å². The molecule has 196 valence electrons. The van der Waals surface area contributed by atoms with Gasteiger partial charge < -0.3 is 14.0 Å². The number of carbonyl (C=O) groups excluding carboxylic acids is 1. The second-order valence-corrected chi connectivity index (χ2v) is 11.7. The highest BCUT2D eigenvalue weighted by molar-refractivity contribution is 6.39. The van der Waals surface area contributed by atoms with Gasteiger partial charge in [-0.05, 0) is 75.8 Å². The van der Waals surface area contributed by atoms with Crippen molar-refractivity contribution in [1.29, 1.82) is 0 Å². The van der Waals surface area contributed by atoms with Crippen molar-refractivity contribution >= 4 is 29.2 Å². The number of ether oxygens (including phenoxy) is 2. The minimum absolute atomic E-state index is 0.137. The molecule has 0 amide bonds. The fourth-order valence-electron chi connectivity index (χ4n) is 6.07. The zero-order chi connectivity index (χ0) is 25.6. The van der Waals surface area contributed by atoms with E-state index in [0.29, 0.717) is 46.0 Å². The Balaban J connectivity index is 1.15. The van der Waals surface area contributed by atoms with Crippen LogP contribution in [0.3, 0.4) is 0 Å². The Morgan fingerprint density at radius 3 is 2.49 bits per heavy atom. The Kier molecular flexibility index (Phi) is 6.58. The molecule has 3 aromatic rings. The smallest absolute Gasteiger partial charge is 0.341 e. The third kappa shape index (κ3) is 4.82. The molecule has 4 aliphatic rings. The molecule has 0 spiro atoms. The summed E-state index contributed by atoms with van der Waals surface area (Å²) >= 11 is 13.1. The number of carbonyl (C=O) groups is 1. The highest BCUT2D eigenvalue weighted by Gasteiger charge is 2.50. The van der Waals surface area contributed by atoms with Gasteiger partial charge in [0.15, 0.2) is 0 Å². The molecule has 2 aromatic heterocycles. The van der Waals surface area contributed by atoms with Gasteiger partial charge in [0.2, 0.25) is 0 Å². The van der Waals surface area contributed by atoms with Crippen LogP contribution in [0, 0.1) is 5.41 Å². The van der Waals surface area contributed by atoms with Crippen molar-refractivity contribution in [3.05, 3.63) is 57.5 Å². The SMILES string of the molecule is CCOC(=O)c1cnn(CC23CCC(OCc4c(-c5c(Cl)cccc5Cl)noc4C4CC4)(CC2)CC3)c1. The molecular weight excluding hydrogens is 513 g/mol. The summed E-state index contributed by atoms with van der Waals surface area (Å²) in [5, 5.41) is 9.98. The number of halogens is 2. The van der Waals surface area contributed by atoms with Gasteiger partial charge in [-0.1, -0.05) is 34.4 Å². The molecule has 4 fully saturated rings. The summed E-state index contributed by atoms with van der Waals surface area (Å²) in [6.07, 6.45) is 11.9. The van der Waals surface area contributed by atoms with Gasteiger partial charge in [0.25, 0.3) is 0 Å². The van der Waals surface area contributed by atoms with Crippen LogP contribution in [0.5, 0.6) is 0 Å². The number of rotatable bonds is 9. The van der Waals surface area contributed by atoms with Crippen molar-refractivity contribution in [2.45, 2.75) is 83.0 Å². The van der Waals surface area contributed by atoms with E-state index < -0.39 is 0 Å². The normalized spacial score (nSPS) is 24.9. The van der Waals surface area contributed by atoms with Crippen LogP contribution in [-0.4, -0.2) is 33.1 Å². The Bertz CT molecular complexity index is 1270. The van der Waals surface area contributed by atoms with Gasteiger partial charge in [0.05, 0.1) is 40.6 Å². The molecule has 0 N–H and O–H groups in total. The van der Waals surface area contributed by atoms with Gasteiger partial charge in [-0.2, -0.15) is 5.10 Å². The zero-order valence-electron chi connectivity index (χ0n) is 21.0. The van der Waals surface area contributed by atoms with Crippen molar-refractivity contribution in [2.24, 2.45) is 5.41 Å². The largest absolute Gasteiger partial charge is 0.462 e. The molecule has 9 heteroatoms. The van der Waals surface area contributed by atoms with Crippen LogP contribution in [0.15, 0.2) is 35.1 Å². The van der Waals surface area contributed by atoms with Crippen molar-refractivity contribution in [3.8, 4) is 11.3 Å². The van der Waals surface area contributed by atoms with E-state index in [9.17, 15) is 4.79 Å². The molecule has 4 saturated carbocycles. The van der Waals surface area contributed by atoms with E-state index in [1.807, 2.05) is 36.0 Å². The predicted molar refractivity (Wildman–Crippen MR) is 140 cm³/mol. The summed E-state index contributed by atoms with van der Waals surface area (Å²) in [6, 6.07) is 5.49. The molecule has 7 rings (SSSR count). The van der Waals surface area contributed by atoms with Gasteiger partial charge >= 0.3 is 5.97 Å². The number of nitrogens with zero attached hydrogens (tertiary/aromatic N) is 3. The fraction of sp³-hybridized carbons (Fsp3) is 0.536. The van der Waals surface area contributed by atoms with E-state index >= 15 is 0 Å². The number of hydrogen-bond acceptors (Lipinski definition) is 6. The number of aromatic nitrogens is 3. The molecule has 2 bridgehead atoms. The maximum Gasteiger partial charge on any atom is 0.341 e. The number of hydrogen-bond donors (Lipinski definition) is 0. The van der Waals surface area contributed by atoms with Crippen molar-refractivity contribution < 1.29 is 18.8 Å². The third-order valence-corrected chi connectivity index (χ3v) is 9.09. The van der Waals surface area contributed by atoms with Crippen LogP contribution >= 0.6 is 23.2 Å². The summed E-state index contributed by atoms with van der Waals surface area (Å²) in [5.74, 6) is 1.000. The third-order valence-electron chi connectivity index (χ3n) is 8.46. The quantitative estimate of drug-likeness (QED) is 0.265. The average Bonchev–Trinajstić information content (AvgIpc) is 3.49. The molecule has 4 aliphatic carbocycles. The van der Waals surface area contributed by atoms with Gasteiger partial charge in [-0.3, -0.25) is 4.68 Å². The van der Waals surface area contributed by atoms with Gasteiger partial charge in [-0.15, -0.1) is 0 Å². The number of benzene rings is 1. The molecule has 0 atom stereocenters. The first kappa shape index (κ1) is 25.0. The molecular formula is C28H31Cl2N3O4. The zero-order valence-corrected chi connectivity index (χ0v) is 22.5. The van der Waals surface area contributed by atoms with E-state index in [1.54, 1.807) is 6.20 Å². The summed E-state index contributed by atoms with van der Waals surface area (Å²) in [6.45, 7) is 3.43. The number of esters is 1. The lowest BCUT2D eigenvalue weighted by atomic mass is 9.58. The minimum atomic E-state index is -0.317. The predicted octanol–water partition coefficient (Wildman–Crippen LogP) is 7.21. The van der Waals surface area contributed by atoms with Crippen LogP contribution in [0.25, 0.3) is 11.3 Å². The molecule has 37 heavy (non-hydrogen) atoms. The average molecular weight is 544 g/mol. The fourth-order valence-corrected chi connectivity index (χ4v) is 6.65. The summed E-state index contributed by atoms with van der Waals surface area (Å²) in [7, 11) is 0. The maximum atomic E-state index is 12.0. The molecule has 0 aliphatic heterocycles. The van der Waals surface area contributed by atoms with Crippen LogP contribution in [0.1, 0.15) is 85.9 Å². The second-order valence-electron chi connectivity index (χ2n) is 10.9. The topological polar surface area (TPSA) is 79.4 Å². The molecule has 1 aromatic carbocycles. The summed E-state index contributed by atoms with van der Waals surface area (Å²) in [5.41, 5.74) is 2.96. The minimum Gasteiger partial charge on any atom is -0.462 e. The first-order valence-electron chi connectivity index (χ1n) is 13.2. The van der Waals surface area contributed by atoms with Crippen molar-refractivity contribution in [3.63, 3.8) is 0 Å². The molecule has 0 unspecified atom stereocenters. The van der Waals surface area contributed by atoms with E-state index in [4.69, 9.17) is 37.2 Å². The van der Waals surface area contributed by atoms with Crippen LogP contribution in [0.4, 0.5) is 0 Å². The van der Waals surface area contributed by atoms with E-state index in [0.717, 1.165) is 69.2 Å².